The summed E-state index contributed by atoms with van der Waals surface area (Å²) in [6.45, 7) is 2.28. The van der Waals surface area contributed by atoms with Gasteiger partial charge < -0.3 is 9.47 Å². The molecule has 0 spiro atoms. The number of rotatable bonds is 7. The fraction of sp³-hybridized carbons (Fsp3) is 0.593. The van der Waals surface area contributed by atoms with Gasteiger partial charge in [-0.15, -0.1) is 11.3 Å². The van der Waals surface area contributed by atoms with E-state index in [9.17, 15) is 4.79 Å². The highest BCUT2D eigenvalue weighted by atomic mass is 32.1. The van der Waals surface area contributed by atoms with Crippen LogP contribution in [0.25, 0.3) is 0 Å². The Labute approximate surface area is 191 Å². The molecule has 1 aromatic carbocycles. The molecule has 2 fully saturated rings. The zero-order chi connectivity index (χ0) is 21.6. The van der Waals surface area contributed by atoms with Gasteiger partial charge in [0, 0.05) is 21.2 Å². The summed E-state index contributed by atoms with van der Waals surface area (Å²) < 4.78 is 11.5. The first-order valence-electron chi connectivity index (χ1n) is 12.2. The lowest BCUT2D eigenvalue weighted by molar-refractivity contribution is 0.0600. The van der Waals surface area contributed by atoms with Gasteiger partial charge in [-0.05, 0) is 68.4 Å². The molecule has 0 aliphatic heterocycles. The van der Waals surface area contributed by atoms with Crippen LogP contribution in [0.4, 0.5) is 0 Å². The average Bonchev–Trinajstić information content (AvgIpc) is 3.28. The molecule has 4 rings (SSSR count). The van der Waals surface area contributed by atoms with Crippen molar-refractivity contribution >= 4 is 17.3 Å². The summed E-state index contributed by atoms with van der Waals surface area (Å²) in [5, 5.41) is 0. The summed E-state index contributed by atoms with van der Waals surface area (Å²) in [5.74, 6) is 1.84. The Bertz CT molecular complexity index is 842. The molecule has 1 unspecified atom stereocenters. The van der Waals surface area contributed by atoms with E-state index in [2.05, 4.69) is 13.0 Å². The predicted octanol–water partition coefficient (Wildman–Crippen LogP) is 7.85. The van der Waals surface area contributed by atoms with E-state index >= 15 is 0 Å². The van der Waals surface area contributed by atoms with Crippen LogP contribution in [0.1, 0.15) is 109 Å². The minimum absolute atomic E-state index is 0.104. The molecule has 31 heavy (non-hydrogen) atoms. The standard InChI is InChI=1S/C27H36O3S/c1-3-24-23(18-25(31-24)19-10-6-4-7-11-19)26(20-12-8-5-9-13-20)30-22-16-14-21(15-17-22)27(28)29-2/h14-20,26H,3-13H2,1-2H3. The Morgan fingerprint density at radius 1 is 1.00 bits per heavy atom. The lowest BCUT2D eigenvalue weighted by atomic mass is 9.81. The zero-order valence-electron chi connectivity index (χ0n) is 19.0. The SMILES string of the molecule is CCc1sc(C2CCCCC2)cc1C(Oc1ccc(C(=O)OC)cc1)C1CCCCC1. The Kier molecular flexibility index (Phi) is 7.71. The lowest BCUT2D eigenvalue weighted by Gasteiger charge is -2.31. The molecule has 2 aromatic rings. The number of hydrogen-bond donors (Lipinski definition) is 0. The molecule has 1 atom stereocenters. The average molecular weight is 441 g/mol. The van der Waals surface area contributed by atoms with Crippen molar-refractivity contribution in [1.29, 1.82) is 0 Å². The normalized spacial score (nSPS) is 19.2. The molecule has 168 valence electrons. The van der Waals surface area contributed by atoms with Gasteiger partial charge in [0.2, 0.25) is 0 Å². The van der Waals surface area contributed by atoms with Gasteiger partial charge >= 0.3 is 5.97 Å². The third-order valence-corrected chi connectivity index (χ3v) is 8.57. The van der Waals surface area contributed by atoms with Gasteiger partial charge in [0.1, 0.15) is 11.9 Å². The van der Waals surface area contributed by atoms with Crippen molar-refractivity contribution in [3.63, 3.8) is 0 Å². The van der Waals surface area contributed by atoms with Gasteiger partial charge in [-0.2, -0.15) is 0 Å². The van der Waals surface area contributed by atoms with Crippen molar-refractivity contribution < 1.29 is 14.3 Å². The van der Waals surface area contributed by atoms with E-state index in [0.717, 1.165) is 18.1 Å². The van der Waals surface area contributed by atoms with Gasteiger partial charge in [-0.3, -0.25) is 0 Å². The maximum atomic E-state index is 11.8. The predicted molar refractivity (Wildman–Crippen MR) is 127 cm³/mol. The molecule has 3 nitrogen and oxygen atoms in total. The molecule has 0 amide bonds. The van der Waals surface area contributed by atoms with E-state index in [1.807, 2.05) is 23.5 Å². The van der Waals surface area contributed by atoms with Crippen LogP contribution in [0.2, 0.25) is 0 Å². The fourth-order valence-electron chi connectivity index (χ4n) is 5.35. The molecule has 0 radical (unpaired) electrons. The van der Waals surface area contributed by atoms with Crippen LogP contribution in [-0.2, 0) is 11.2 Å². The first-order chi connectivity index (χ1) is 15.2. The number of aryl methyl sites for hydroxylation is 1. The van der Waals surface area contributed by atoms with Gasteiger partial charge in [0.25, 0.3) is 0 Å². The van der Waals surface area contributed by atoms with Crippen LogP contribution in [0.5, 0.6) is 5.75 Å². The Morgan fingerprint density at radius 3 is 2.26 bits per heavy atom. The monoisotopic (exact) mass is 440 g/mol. The number of benzene rings is 1. The summed E-state index contributed by atoms with van der Waals surface area (Å²) in [7, 11) is 1.42. The molecule has 0 N–H and O–H groups in total. The van der Waals surface area contributed by atoms with Crippen LogP contribution >= 0.6 is 11.3 Å². The number of carbonyl (C=O) groups excluding carboxylic acids is 1. The van der Waals surface area contributed by atoms with E-state index in [-0.39, 0.29) is 12.1 Å². The molecule has 0 bridgehead atoms. The Morgan fingerprint density at radius 2 is 1.65 bits per heavy atom. The van der Waals surface area contributed by atoms with E-state index in [1.165, 1.54) is 81.8 Å². The van der Waals surface area contributed by atoms with Gasteiger partial charge in [0.15, 0.2) is 0 Å². The first-order valence-corrected chi connectivity index (χ1v) is 13.0. The van der Waals surface area contributed by atoms with Crippen molar-refractivity contribution in [3.8, 4) is 5.75 Å². The molecular weight excluding hydrogens is 404 g/mol. The minimum atomic E-state index is -0.307. The molecule has 4 heteroatoms. The van der Waals surface area contributed by atoms with E-state index < -0.39 is 0 Å². The highest BCUT2D eigenvalue weighted by Crippen LogP contribution is 2.44. The maximum Gasteiger partial charge on any atom is 0.337 e. The molecule has 2 aliphatic rings. The van der Waals surface area contributed by atoms with Crippen LogP contribution in [0.3, 0.4) is 0 Å². The van der Waals surface area contributed by atoms with Crippen LogP contribution < -0.4 is 4.74 Å². The number of hydrogen-bond acceptors (Lipinski definition) is 4. The molecular formula is C27H36O3S. The highest BCUT2D eigenvalue weighted by Gasteiger charge is 2.31. The quantitative estimate of drug-likeness (QED) is 0.411. The molecule has 1 aromatic heterocycles. The smallest absolute Gasteiger partial charge is 0.337 e. The van der Waals surface area contributed by atoms with Crippen molar-refractivity contribution in [2.45, 2.75) is 89.6 Å². The minimum Gasteiger partial charge on any atom is -0.485 e. The number of ether oxygens (including phenoxy) is 2. The number of thiophene rings is 1. The topological polar surface area (TPSA) is 35.5 Å². The summed E-state index contributed by atoms with van der Waals surface area (Å²) in [5.41, 5.74) is 1.99. The van der Waals surface area contributed by atoms with Crippen molar-refractivity contribution in [2.24, 2.45) is 5.92 Å². The van der Waals surface area contributed by atoms with Crippen molar-refractivity contribution in [3.05, 3.63) is 51.2 Å². The molecule has 2 aliphatic carbocycles. The number of esters is 1. The van der Waals surface area contributed by atoms with Crippen molar-refractivity contribution in [1.82, 2.24) is 0 Å². The third-order valence-electron chi connectivity index (χ3n) is 7.11. The van der Waals surface area contributed by atoms with Gasteiger partial charge in [-0.25, -0.2) is 4.79 Å². The summed E-state index contributed by atoms with van der Waals surface area (Å²) in [6, 6.07) is 9.95. The number of methoxy groups -OCH3 is 1. The molecule has 1 heterocycles. The van der Waals surface area contributed by atoms with Crippen molar-refractivity contribution in [2.75, 3.05) is 7.11 Å². The largest absolute Gasteiger partial charge is 0.485 e. The second-order valence-electron chi connectivity index (χ2n) is 9.17. The van der Waals surface area contributed by atoms with E-state index in [0.29, 0.717) is 11.5 Å². The Balaban J connectivity index is 1.61. The molecule has 2 saturated carbocycles. The number of carbonyl (C=O) groups is 1. The first kappa shape index (κ1) is 22.4. The van der Waals surface area contributed by atoms with Gasteiger partial charge in [-0.1, -0.05) is 45.4 Å². The van der Waals surface area contributed by atoms with Crippen LogP contribution in [0.15, 0.2) is 30.3 Å². The maximum absolute atomic E-state index is 11.8. The summed E-state index contributed by atoms with van der Waals surface area (Å²) in [4.78, 5) is 14.9. The van der Waals surface area contributed by atoms with Gasteiger partial charge in [0.05, 0.1) is 12.7 Å². The highest BCUT2D eigenvalue weighted by molar-refractivity contribution is 7.12. The zero-order valence-corrected chi connectivity index (χ0v) is 19.8. The summed E-state index contributed by atoms with van der Waals surface area (Å²) >= 11 is 2.04. The van der Waals surface area contributed by atoms with Crippen LogP contribution in [0, 0.1) is 5.92 Å². The summed E-state index contributed by atoms with van der Waals surface area (Å²) in [6.07, 6.45) is 14.4. The fourth-order valence-corrected chi connectivity index (χ4v) is 6.66. The second-order valence-corrected chi connectivity index (χ2v) is 10.3. The van der Waals surface area contributed by atoms with E-state index in [4.69, 9.17) is 9.47 Å². The second kappa shape index (κ2) is 10.7. The Hall–Kier alpha value is -1.81. The third kappa shape index (κ3) is 5.34. The lowest BCUT2D eigenvalue weighted by Crippen LogP contribution is -2.22. The van der Waals surface area contributed by atoms with E-state index in [1.54, 1.807) is 17.0 Å². The van der Waals surface area contributed by atoms with Crippen LogP contribution in [-0.4, -0.2) is 13.1 Å². The molecule has 0 saturated heterocycles.